The second-order valence-corrected chi connectivity index (χ2v) is 2.61. The summed E-state index contributed by atoms with van der Waals surface area (Å²) in [5, 5.41) is 0.0360. The van der Waals surface area contributed by atoms with Gasteiger partial charge in [0.2, 0.25) is 0 Å². The number of hydrogen-bond acceptors (Lipinski definition) is 1. The second kappa shape index (κ2) is 5.33. The molecule has 0 amide bonds. The van der Waals surface area contributed by atoms with Crippen LogP contribution in [0.2, 0.25) is 10.3 Å². The van der Waals surface area contributed by atoms with Gasteiger partial charge in [-0.25, -0.2) is 9.37 Å². The van der Waals surface area contributed by atoms with Crippen molar-refractivity contribution in [1.29, 1.82) is 0 Å². The first kappa shape index (κ1) is 11.7. The summed E-state index contributed by atoms with van der Waals surface area (Å²) >= 11 is 10.8. The highest BCUT2D eigenvalue weighted by atomic mass is 35.5. The Morgan fingerprint density at radius 2 is 1.83 bits per heavy atom. The topological polar surface area (TPSA) is 12.9 Å². The molecule has 0 aliphatic rings. The predicted molar refractivity (Wildman–Crippen MR) is 50.3 cm³/mol. The average molecular weight is 210 g/mol. The standard InChI is InChI=1S/C6H4Cl2FN.C2H6/c1-3-2-4(7)10-6(8)5(3)9;1-2/h2H,1H3;1-2H3. The quantitative estimate of drug-likeness (QED) is 0.592. The summed E-state index contributed by atoms with van der Waals surface area (Å²) in [6.07, 6.45) is 0. The molecule has 1 nitrogen and oxygen atoms in total. The van der Waals surface area contributed by atoms with E-state index in [-0.39, 0.29) is 10.3 Å². The van der Waals surface area contributed by atoms with E-state index in [0.29, 0.717) is 5.56 Å². The van der Waals surface area contributed by atoms with Gasteiger partial charge in [0.25, 0.3) is 0 Å². The van der Waals surface area contributed by atoms with Crippen LogP contribution in [-0.4, -0.2) is 4.98 Å². The van der Waals surface area contributed by atoms with Crippen LogP contribution in [0.4, 0.5) is 4.39 Å². The van der Waals surface area contributed by atoms with E-state index in [1.165, 1.54) is 6.07 Å². The van der Waals surface area contributed by atoms with Crippen molar-refractivity contribution in [2.45, 2.75) is 20.8 Å². The van der Waals surface area contributed by atoms with Crippen LogP contribution in [0.25, 0.3) is 0 Å². The summed E-state index contributed by atoms with van der Waals surface area (Å²) in [6, 6.07) is 1.42. The molecule has 0 aliphatic carbocycles. The van der Waals surface area contributed by atoms with Gasteiger partial charge in [-0.15, -0.1) is 0 Å². The van der Waals surface area contributed by atoms with Crippen molar-refractivity contribution >= 4 is 23.2 Å². The number of nitrogens with zero attached hydrogens (tertiary/aromatic N) is 1. The molecule has 68 valence electrons. The van der Waals surface area contributed by atoms with Gasteiger partial charge >= 0.3 is 0 Å². The van der Waals surface area contributed by atoms with E-state index in [4.69, 9.17) is 23.2 Å². The summed E-state index contributed by atoms with van der Waals surface area (Å²) in [5.41, 5.74) is 0.407. The average Bonchev–Trinajstić information content (AvgIpc) is 2.04. The molecule has 0 radical (unpaired) electrons. The second-order valence-electron chi connectivity index (χ2n) is 1.87. The molecule has 1 aromatic rings. The minimum absolute atomic E-state index is 0.176. The Bertz CT molecular complexity index is 240. The van der Waals surface area contributed by atoms with Crippen molar-refractivity contribution in [3.63, 3.8) is 0 Å². The number of halogens is 3. The third-order valence-electron chi connectivity index (χ3n) is 1.07. The maximum Gasteiger partial charge on any atom is 0.166 e. The highest BCUT2D eigenvalue weighted by molar-refractivity contribution is 6.32. The lowest BCUT2D eigenvalue weighted by Gasteiger charge is -1.97. The van der Waals surface area contributed by atoms with Crippen molar-refractivity contribution in [3.05, 3.63) is 27.8 Å². The van der Waals surface area contributed by atoms with E-state index in [9.17, 15) is 4.39 Å². The van der Waals surface area contributed by atoms with Gasteiger partial charge in [-0.05, 0) is 18.6 Å². The molecule has 0 atom stereocenters. The zero-order valence-electron chi connectivity index (χ0n) is 7.16. The van der Waals surface area contributed by atoms with Crippen LogP contribution in [0.3, 0.4) is 0 Å². The number of hydrogen-bond donors (Lipinski definition) is 0. The number of rotatable bonds is 0. The first-order chi connectivity index (χ1) is 5.61. The molecular formula is C8H10Cl2FN. The number of pyridine rings is 1. The molecule has 0 bridgehead atoms. The molecular weight excluding hydrogens is 200 g/mol. The Morgan fingerprint density at radius 1 is 1.33 bits per heavy atom. The van der Waals surface area contributed by atoms with Crippen LogP contribution in [0.5, 0.6) is 0 Å². The number of aromatic nitrogens is 1. The maximum atomic E-state index is 12.7. The smallest absolute Gasteiger partial charge is 0.166 e. The summed E-state index contributed by atoms with van der Waals surface area (Å²) in [5.74, 6) is -0.508. The Kier molecular flexibility index (Phi) is 5.18. The Balaban J connectivity index is 0.000000561. The van der Waals surface area contributed by atoms with Gasteiger partial charge in [-0.1, -0.05) is 37.0 Å². The van der Waals surface area contributed by atoms with E-state index >= 15 is 0 Å². The first-order valence-corrected chi connectivity index (χ1v) is 4.35. The monoisotopic (exact) mass is 209 g/mol. The third-order valence-corrected chi connectivity index (χ3v) is 1.51. The van der Waals surface area contributed by atoms with Crippen molar-refractivity contribution < 1.29 is 4.39 Å². The van der Waals surface area contributed by atoms with Crippen LogP contribution in [0, 0.1) is 12.7 Å². The van der Waals surface area contributed by atoms with Crippen molar-refractivity contribution in [2.75, 3.05) is 0 Å². The minimum atomic E-state index is -0.508. The lowest BCUT2D eigenvalue weighted by Crippen LogP contribution is -1.87. The van der Waals surface area contributed by atoms with Crippen molar-refractivity contribution in [3.8, 4) is 0 Å². The molecule has 12 heavy (non-hydrogen) atoms. The summed E-state index contributed by atoms with van der Waals surface area (Å²) in [4.78, 5) is 3.49. The molecule has 0 spiro atoms. The van der Waals surface area contributed by atoms with E-state index in [1.54, 1.807) is 6.92 Å². The molecule has 4 heteroatoms. The third kappa shape index (κ3) is 2.95. The van der Waals surface area contributed by atoms with Gasteiger partial charge in [0.05, 0.1) is 0 Å². The molecule has 0 saturated carbocycles. The lowest BCUT2D eigenvalue weighted by atomic mass is 10.3. The van der Waals surface area contributed by atoms with Gasteiger partial charge in [0.1, 0.15) is 5.15 Å². The molecule has 1 aromatic heterocycles. The SMILES string of the molecule is CC.Cc1cc(Cl)nc(Cl)c1F. The zero-order chi connectivity index (χ0) is 9.72. The van der Waals surface area contributed by atoms with Gasteiger partial charge in [-0.2, -0.15) is 0 Å². The summed E-state index contributed by atoms with van der Waals surface area (Å²) in [7, 11) is 0. The van der Waals surface area contributed by atoms with Gasteiger partial charge < -0.3 is 0 Å². The van der Waals surface area contributed by atoms with Gasteiger partial charge in [-0.3, -0.25) is 0 Å². The fourth-order valence-corrected chi connectivity index (χ4v) is 1.11. The molecule has 1 rings (SSSR count). The van der Waals surface area contributed by atoms with E-state index in [1.807, 2.05) is 13.8 Å². The molecule has 0 N–H and O–H groups in total. The molecule has 1 heterocycles. The van der Waals surface area contributed by atoms with Crippen LogP contribution >= 0.6 is 23.2 Å². The van der Waals surface area contributed by atoms with Crippen molar-refractivity contribution in [1.82, 2.24) is 4.98 Å². The fourth-order valence-electron chi connectivity index (χ4n) is 0.580. The van der Waals surface area contributed by atoms with Crippen LogP contribution in [-0.2, 0) is 0 Å². The Morgan fingerprint density at radius 3 is 2.25 bits per heavy atom. The van der Waals surface area contributed by atoms with E-state index in [0.717, 1.165) is 0 Å². The largest absolute Gasteiger partial charge is 0.221 e. The first-order valence-electron chi connectivity index (χ1n) is 3.59. The predicted octanol–water partition coefficient (Wildman–Crippen LogP) is 3.86. The molecule has 0 aliphatic heterocycles. The Hall–Kier alpha value is -0.340. The Labute approximate surface area is 81.5 Å². The zero-order valence-corrected chi connectivity index (χ0v) is 8.67. The maximum absolute atomic E-state index is 12.7. The van der Waals surface area contributed by atoms with Crippen LogP contribution in [0.1, 0.15) is 19.4 Å². The van der Waals surface area contributed by atoms with Gasteiger partial charge in [0, 0.05) is 0 Å². The lowest BCUT2D eigenvalue weighted by molar-refractivity contribution is 0.612. The van der Waals surface area contributed by atoms with Crippen LogP contribution in [0.15, 0.2) is 6.07 Å². The highest BCUT2D eigenvalue weighted by Crippen LogP contribution is 2.18. The summed E-state index contributed by atoms with van der Waals surface area (Å²) < 4.78 is 12.7. The van der Waals surface area contributed by atoms with E-state index < -0.39 is 5.82 Å². The summed E-state index contributed by atoms with van der Waals surface area (Å²) in [6.45, 7) is 5.58. The minimum Gasteiger partial charge on any atom is -0.221 e. The van der Waals surface area contributed by atoms with Crippen LogP contribution < -0.4 is 0 Å². The molecule has 0 aromatic carbocycles. The van der Waals surface area contributed by atoms with Gasteiger partial charge in [0.15, 0.2) is 11.0 Å². The highest BCUT2D eigenvalue weighted by Gasteiger charge is 2.04. The molecule has 0 unspecified atom stereocenters. The van der Waals surface area contributed by atoms with E-state index in [2.05, 4.69) is 4.98 Å². The normalized spacial score (nSPS) is 8.83. The molecule has 0 fully saturated rings. The van der Waals surface area contributed by atoms with Crippen molar-refractivity contribution in [2.24, 2.45) is 0 Å². The molecule has 0 saturated heterocycles. The number of aryl methyl sites for hydroxylation is 1. The fraction of sp³-hybridized carbons (Fsp3) is 0.375.